The van der Waals surface area contributed by atoms with Crippen molar-refractivity contribution in [3.63, 3.8) is 0 Å². The third-order valence-electron chi connectivity index (χ3n) is 3.27. The zero-order chi connectivity index (χ0) is 17.5. The van der Waals surface area contributed by atoms with Gasteiger partial charge < -0.3 is 19.5 Å². The first-order valence-corrected chi connectivity index (χ1v) is 7.39. The van der Waals surface area contributed by atoms with Crippen molar-refractivity contribution in [1.82, 2.24) is 0 Å². The molecule has 0 atom stereocenters. The SMILES string of the molecule is CCOc1ccc(C(=O)Nc2cccc(C(=O)OC)c2)cc1OC. The summed E-state index contributed by atoms with van der Waals surface area (Å²) < 4.78 is 15.3. The predicted octanol–water partition coefficient (Wildman–Crippen LogP) is 3.13. The Hall–Kier alpha value is -3.02. The standard InChI is InChI=1S/C18H19NO5/c1-4-24-15-9-8-12(11-16(15)22-2)17(20)19-14-7-5-6-13(10-14)18(21)23-3/h5-11H,4H2,1-3H3,(H,19,20). The van der Waals surface area contributed by atoms with E-state index >= 15 is 0 Å². The molecule has 2 aromatic carbocycles. The maximum atomic E-state index is 12.4. The molecule has 6 nitrogen and oxygen atoms in total. The van der Waals surface area contributed by atoms with Gasteiger partial charge in [-0.2, -0.15) is 0 Å². The number of nitrogens with one attached hydrogen (secondary N) is 1. The number of ether oxygens (including phenoxy) is 3. The van der Waals surface area contributed by atoms with Gasteiger partial charge in [0.05, 0.1) is 26.4 Å². The molecule has 2 aromatic rings. The Morgan fingerprint density at radius 2 is 1.79 bits per heavy atom. The van der Waals surface area contributed by atoms with E-state index in [2.05, 4.69) is 10.1 Å². The van der Waals surface area contributed by atoms with Crippen LogP contribution in [-0.2, 0) is 4.74 Å². The average molecular weight is 329 g/mol. The van der Waals surface area contributed by atoms with Gasteiger partial charge in [0.25, 0.3) is 5.91 Å². The fraction of sp³-hybridized carbons (Fsp3) is 0.222. The van der Waals surface area contributed by atoms with Crippen LogP contribution in [0.5, 0.6) is 11.5 Å². The van der Waals surface area contributed by atoms with Crippen molar-refractivity contribution < 1.29 is 23.8 Å². The lowest BCUT2D eigenvalue weighted by molar-refractivity contribution is 0.0600. The fourth-order valence-corrected chi connectivity index (χ4v) is 2.13. The molecule has 0 bridgehead atoms. The molecule has 24 heavy (non-hydrogen) atoms. The van der Waals surface area contributed by atoms with E-state index in [1.165, 1.54) is 14.2 Å². The highest BCUT2D eigenvalue weighted by Gasteiger charge is 2.12. The van der Waals surface area contributed by atoms with Gasteiger partial charge in [-0.05, 0) is 43.3 Å². The molecule has 6 heteroatoms. The van der Waals surface area contributed by atoms with E-state index in [0.717, 1.165) is 0 Å². The van der Waals surface area contributed by atoms with Crippen LogP contribution < -0.4 is 14.8 Å². The smallest absolute Gasteiger partial charge is 0.337 e. The van der Waals surface area contributed by atoms with E-state index < -0.39 is 5.97 Å². The lowest BCUT2D eigenvalue weighted by atomic mass is 10.1. The van der Waals surface area contributed by atoms with Crippen LogP contribution in [0.2, 0.25) is 0 Å². The van der Waals surface area contributed by atoms with E-state index in [1.54, 1.807) is 42.5 Å². The number of hydrogen-bond acceptors (Lipinski definition) is 5. The first-order chi connectivity index (χ1) is 11.6. The molecular weight excluding hydrogens is 310 g/mol. The molecule has 1 N–H and O–H groups in total. The van der Waals surface area contributed by atoms with Crippen molar-refractivity contribution in [3.05, 3.63) is 53.6 Å². The summed E-state index contributed by atoms with van der Waals surface area (Å²) >= 11 is 0. The summed E-state index contributed by atoms with van der Waals surface area (Å²) in [6.07, 6.45) is 0. The maximum absolute atomic E-state index is 12.4. The number of carbonyl (C=O) groups excluding carboxylic acids is 2. The Bertz CT molecular complexity index is 742. The van der Waals surface area contributed by atoms with Crippen LogP contribution in [0.4, 0.5) is 5.69 Å². The highest BCUT2D eigenvalue weighted by Crippen LogP contribution is 2.28. The number of amides is 1. The molecule has 0 aliphatic carbocycles. The van der Waals surface area contributed by atoms with Crippen LogP contribution in [-0.4, -0.2) is 32.7 Å². The lowest BCUT2D eigenvalue weighted by Crippen LogP contribution is -2.13. The van der Waals surface area contributed by atoms with Crippen LogP contribution in [0.15, 0.2) is 42.5 Å². The van der Waals surface area contributed by atoms with Crippen molar-refractivity contribution in [3.8, 4) is 11.5 Å². The van der Waals surface area contributed by atoms with Gasteiger partial charge in [-0.3, -0.25) is 4.79 Å². The Kier molecular flexibility index (Phi) is 5.78. The highest BCUT2D eigenvalue weighted by atomic mass is 16.5. The number of rotatable bonds is 6. The summed E-state index contributed by atoms with van der Waals surface area (Å²) in [6, 6.07) is 11.5. The molecule has 0 aliphatic rings. The van der Waals surface area contributed by atoms with Crippen molar-refractivity contribution in [2.24, 2.45) is 0 Å². The summed E-state index contributed by atoms with van der Waals surface area (Å²) in [5.74, 6) is 0.268. The van der Waals surface area contributed by atoms with Gasteiger partial charge in [-0.15, -0.1) is 0 Å². The topological polar surface area (TPSA) is 73.9 Å². The molecule has 0 aromatic heterocycles. The molecule has 126 valence electrons. The number of carbonyl (C=O) groups is 2. The Morgan fingerprint density at radius 1 is 1.00 bits per heavy atom. The summed E-state index contributed by atoms with van der Waals surface area (Å²) in [5.41, 5.74) is 1.27. The zero-order valence-corrected chi connectivity index (χ0v) is 13.8. The van der Waals surface area contributed by atoms with Crippen molar-refractivity contribution in [2.75, 3.05) is 26.1 Å². The summed E-state index contributed by atoms with van der Waals surface area (Å²) in [4.78, 5) is 23.9. The number of hydrogen-bond donors (Lipinski definition) is 1. The third-order valence-corrected chi connectivity index (χ3v) is 3.27. The Labute approximate surface area is 140 Å². The normalized spacial score (nSPS) is 9.96. The summed E-state index contributed by atoms with van der Waals surface area (Å²) in [5, 5.41) is 2.74. The van der Waals surface area contributed by atoms with E-state index in [0.29, 0.717) is 34.9 Å². The van der Waals surface area contributed by atoms with Crippen LogP contribution in [0.25, 0.3) is 0 Å². The van der Waals surface area contributed by atoms with Gasteiger partial charge in [0, 0.05) is 11.3 Å². The molecule has 0 spiro atoms. The van der Waals surface area contributed by atoms with Crippen molar-refractivity contribution in [1.29, 1.82) is 0 Å². The van der Waals surface area contributed by atoms with Crippen LogP contribution in [0.3, 0.4) is 0 Å². The van der Waals surface area contributed by atoms with Gasteiger partial charge in [0.15, 0.2) is 11.5 Å². The highest BCUT2D eigenvalue weighted by molar-refractivity contribution is 6.05. The van der Waals surface area contributed by atoms with Crippen LogP contribution in [0, 0.1) is 0 Å². The second-order valence-corrected chi connectivity index (χ2v) is 4.83. The van der Waals surface area contributed by atoms with Crippen molar-refractivity contribution in [2.45, 2.75) is 6.92 Å². The van der Waals surface area contributed by atoms with Crippen molar-refractivity contribution >= 4 is 17.6 Å². The molecule has 0 heterocycles. The molecule has 1 amide bonds. The number of esters is 1. The molecule has 0 radical (unpaired) electrons. The summed E-state index contributed by atoms with van der Waals surface area (Å²) in [6.45, 7) is 2.37. The quantitative estimate of drug-likeness (QED) is 0.824. The first-order valence-electron chi connectivity index (χ1n) is 7.39. The van der Waals surface area contributed by atoms with Crippen LogP contribution in [0.1, 0.15) is 27.6 Å². The van der Waals surface area contributed by atoms with E-state index in [9.17, 15) is 9.59 Å². The van der Waals surface area contributed by atoms with E-state index in [-0.39, 0.29) is 5.91 Å². The number of methoxy groups -OCH3 is 2. The molecule has 0 saturated carbocycles. The number of anilines is 1. The van der Waals surface area contributed by atoms with Gasteiger partial charge >= 0.3 is 5.97 Å². The zero-order valence-electron chi connectivity index (χ0n) is 13.8. The van der Waals surface area contributed by atoms with Crippen LogP contribution >= 0.6 is 0 Å². The van der Waals surface area contributed by atoms with E-state index in [4.69, 9.17) is 9.47 Å². The number of benzene rings is 2. The predicted molar refractivity (Wildman–Crippen MR) is 89.9 cm³/mol. The fourth-order valence-electron chi connectivity index (χ4n) is 2.13. The minimum Gasteiger partial charge on any atom is -0.493 e. The molecule has 0 saturated heterocycles. The van der Waals surface area contributed by atoms with Gasteiger partial charge in [0.1, 0.15) is 0 Å². The molecular formula is C18H19NO5. The maximum Gasteiger partial charge on any atom is 0.337 e. The summed E-state index contributed by atoms with van der Waals surface area (Å²) in [7, 11) is 2.82. The van der Waals surface area contributed by atoms with Gasteiger partial charge in [-0.25, -0.2) is 4.79 Å². The molecule has 2 rings (SSSR count). The Morgan fingerprint density at radius 3 is 2.46 bits per heavy atom. The Balaban J connectivity index is 2.19. The molecule has 0 unspecified atom stereocenters. The average Bonchev–Trinajstić information content (AvgIpc) is 2.61. The molecule has 0 aliphatic heterocycles. The lowest BCUT2D eigenvalue weighted by Gasteiger charge is -2.11. The molecule has 0 fully saturated rings. The minimum atomic E-state index is -0.464. The third kappa shape index (κ3) is 4.04. The monoisotopic (exact) mass is 329 g/mol. The van der Waals surface area contributed by atoms with Gasteiger partial charge in [0.2, 0.25) is 0 Å². The largest absolute Gasteiger partial charge is 0.493 e. The van der Waals surface area contributed by atoms with Gasteiger partial charge in [-0.1, -0.05) is 6.07 Å². The van der Waals surface area contributed by atoms with E-state index in [1.807, 2.05) is 6.92 Å². The first kappa shape index (κ1) is 17.3. The second kappa shape index (κ2) is 8.01. The minimum absolute atomic E-state index is 0.321. The second-order valence-electron chi connectivity index (χ2n) is 4.83.